The summed E-state index contributed by atoms with van der Waals surface area (Å²) in [6.07, 6.45) is 6.93. The molecule has 2 atom stereocenters. The lowest BCUT2D eigenvalue weighted by molar-refractivity contribution is -0.122. The molecular formula is C16H20N2O3. The van der Waals surface area contributed by atoms with Gasteiger partial charge in [-0.1, -0.05) is 0 Å². The Morgan fingerprint density at radius 3 is 2.67 bits per heavy atom. The van der Waals surface area contributed by atoms with E-state index in [1.54, 1.807) is 6.07 Å². The first-order valence-corrected chi connectivity index (χ1v) is 7.69. The maximum absolute atomic E-state index is 12.7. The summed E-state index contributed by atoms with van der Waals surface area (Å²) in [4.78, 5) is 40.2. The molecule has 1 aromatic heterocycles. The number of aromatic nitrogens is 1. The van der Waals surface area contributed by atoms with Crippen molar-refractivity contribution < 1.29 is 9.59 Å². The molecular weight excluding hydrogens is 268 g/mol. The van der Waals surface area contributed by atoms with Gasteiger partial charge < -0.3 is 9.88 Å². The molecule has 5 nitrogen and oxygen atoms in total. The molecule has 1 saturated carbocycles. The maximum atomic E-state index is 12.7. The molecule has 0 spiro atoms. The zero-order valence-corrected chi connectivity index (χ0v) is 12.0. The summed E-state index contributed by atoms with van der Waals surface area (Å²) in [6.45, 7) is 0.701. The van der Waals surface area contributed by atoms with E-state index in [9.17, 15) is 14.4 Å². The molecule has 0 aromatic carbocycles. The van der Waals surface area contributed by atoms with Crippen LogP contribution in [-0.2, 0) is 4.79 Å². The number of amides is 1. The average Bonchev–Trinajstić information content (AvgIpc) is 2.93. The third kappa shape index (κ3) is 2.77. The average molecular weight is 288 g/mol. The fourth-order valence-corrected chi connectivity index (χ4v) is 3.59. The highest BCUT2D eigenvalue weighted by Gasteiger charge is 2.38. The van der Waals surface area contributed by atoms with Crippen molar-refractivity contribution in [3.05, 3.63) is 34.2 Å². The quantitative estimate of drug-likeness (QED) is 0.901. The Morgan fingerprint density at radius 2 is 2.00 bits per heavy atom. The van der Waals surface area contributed by atoms with Gasteiger partial charge in [0.25, 0.3) is 5.91 Å². The number of nitrogens with one attached hydrogen (secondary N) is 1. The van der Waals surface area contributed by atoms with Crippen LogP contribution in [0.25, 0.3) is 0 Å². The number of hydrogen-bond donors (Lipinski definition) is 1. The van der Waals surface area contributed by atoms with Crippen LogP contribution >= 0.6 is 0 Å². The van der Waals surface area contributed by atoms with Crippen LogP contribution in [0.15, 0.2) is 23.1 Å². The minimum absolute atomic E-state index is 0.0111. The summed E-state index contributed by atoms with van der Waals surface area (Å²) >= 11 is 0. The number of Topliss-reactive ketones (excluding diaryl/α,β-unsaturated/α-hetero) is 1. The van der Waals surface area contributed by atoms with Gasteiger partial charge in [-0.05, 0) is 38.2 Å². The van der Waals surface area contributed by atoms with Gasteiger partial charge in [0.15, 0.2) is 0 Å². The molecule has 1 amide bonds. The van der Waals surface area contributed by atoms with E-state index >= 15 is 0 Å². The highest BCUT2D eigenvalue weighted by Crippen LogP contribution is 2.33. The maximum Gasteiger partial charge on any atom is 0.255 e. The molecule has 3 rings (SSSR count). The molecule has 2 heterocycles. The molecule has 0 bridgehead atoms. The Kier molecular flexibility index (Phi) is 3.90. The minimum Gasteiger partial charge on any atom is -0.335 e. The van der Waals surface area contributed by atoms with E-state index in [0.717, 1.165) is 32.1 Å². The van der Waals surface area contributed by atoms with Crippen LogP contribution in [-0.4, -0.2) is 34.2 Å². The highest BCUT2D eigenvalue weighted by molar-refractivity contribution is 5.95. The summed E-state index contributed by atoms with van der Waals surface area (Å²) in [5.74, 6) is 0.244. The minimum atomic E-state index is -0.215. The molecule has 21 heavy (non-hydrogen) atoms. The Balaban J connectivity index is 1.83. The van der Waals surface area contributed by atoms with Crippen LogP contribution in [0, 0.1) is 5.92 Å². The topological polar surface area (TPSA) is 70.2 Å². The first kappa shape index (κ1) is 14.0. The molecule has 1 N–H and O–H groups in total. The number of H-pyrrole nitrogens is 1. The summed E-state index contributed by atoms with van der Waals surface area (Å²) in [6, 6.07) is 2.96. The van der Waals surface area contributed by atoms with Crippen molar-refractivity contribution in [2.24, 2.45) is 5.92 Å². The van der Waals surface area contributed by atoms with E-state index in [-0.39, 0.29) is 23.4 Å². The van der Waals surface area contributed by atoms with Gasteiger partial charge >= 0.3 is 0 Å². The van der Waals surface area contributed by atoms with Crippen LogP contribution in [0.3, 0.4) is 0 Å². The molecule has 2 aliphatic rings. The van der Waals surface area contributed by atoms with Gasteiger partial charge in [-0.15, -0.1) is 0 Å². The van der Waals surface area contributed by atoms with Crippen molar-refractivity contribution in [2.45, 2.75) is 44.6 Å². The van der Waals surface area contributed by atoms with E-state index in [2.05, 4.69) is 4.98 Å². The van der Waals surface area contributed by atoms with Crippen molar-refractivity contribution >= 4 is 11.7 Å². The molecule has 1 aliphatic heterocycles. The predicted molar refractivity (Wildman–Crippen MR) is 78.1 cm³/mol. The number of pyridine rings is 1. The van der Waals surface area contributed by atoms with E-state index in [1.165, 1.54) is 12.3 Å². The van der Waals surface area contributed by atoms with Gasteiger partial charge in [-0.25, -0.2) is 0 Å². The molecule has 5 heteroatoms. The first-order chi connectivity index (χ1) is 10.2. The van der Waals surface area contributed by atoms with Gasteiger partial charge in [0.2, 0.25) is 5.56 Å². The number of likely N-dealkylation sites (tertiary alicyclic amines) is 1. The number of carbonyl (C=O) groups is 2. The fraction of sp³-hybridized carbons (Fsp3) is 0.562. The van der Waals surface area contributed by atoms with Crippen molar-refractivity contribution in [1.82, 2.24) is 9.88 Å². The van der Waals surface area contributed by atoms with Crippen molar-refractivity contribution in [1.29, 1.82) is 0 Å². The molecule has 2 fully saturated rings. The summed E-state index contributed by atoms with van der Waals surface area (Å²) in [7, 11) is 0. The van der Waals surface area contributed by atoms with Crippen molar-refractivity contribution in [2.75, 3.05) is 6.54 Å². The number of piperidine rings is 1. The van der Waals surface area contributed by atoms with Crippen LogP contribution in [0.1, 0.15) is 48.9 Å². The van der Waals surface area contributed by atoms with E-state index < -0.39 is 0 Å². The number of ketones is 1. The largest absolute Gasteiger partial charge is 0.335 e. The number of carbonyl (C=O) groups excluding carboxylic acids is 2. The zero-order chi connectivity index (χ0) is 14.8. The molecule has 1 saturated heterocycles. The molecule has 2 unspecified atom stereocenters. The van der Waals surface area contributed by atoms with E-state index in [4.69, 9.17) is 0 Å². The second-order valence-electron chi connectivity index (χ2n) is 5.97. The Morgan fingerprint density at radius 1 is 1.14 bits per heavy atom. The summed E-state index contributed by atoms with van der Waals surface area (Å²) in [5.41, 5.74) is 0.277. The number of nitrogens with zero attached hydrogens (tertiary/aromatic N) is 1. The van der Waals surface area contributed by atoms with E-state index in [0.29, 0.717) is 24.3 Å². The number of hydrogen-bond acceptors (Lipinski definition) is 3. The van der Waals surface area contributed by atoms with Crippen LogP contribution in [0.4, 0.5) is 0 Å². The van der Waals surface area contributed by atoms with Crippen LogP contribution < -0.4 is 5.56 Å². The normalized spacial score (nSPS) is 26.1. The summed E-state index contributed by atoms with van der Waals surface area (Å²) < 4.78 is 0. The predicted octanol–water partition coefficient (Wildman–Crippen LogP) is 1.74. The standard InChI is InChI=1S/C16H20N2O3/c19-14-6-3-4-12(14)13-5-1-2-9-18(13)16(21)11-7-8-15(20)17-10-11/h7-8,10,12-13H,1-6,9H2,(H,17,20). The molecule has 1 aliphatic carbocycles. The van der Waals surface area contributed by atoms with Gasteiger partial charge in [0.05, 0.1) is 5.56 Å². The first-order valence-electron chi connectivity index (χ1n) is 7.69. The Bertz CT molecular complexity index is 587. The lowest BCUT2D eigenvalue weighted by Crippen LogP contribution is -2.48. The Labute approximate surface area is 123 Å². The third-order valence-corrected chi connectivity index (χ3v) is 4.66. The van der Waals surface area contributed by atoms with Crippen molar-refractivity contribution in [3.8, 4) is 0 Å². The van der Waals surface area contributed by atoms with Crippen molar-refractivity contribution in [3.63, 3.8) is 0 Å². The number of rotatable bonds is 2. The fourth-order valence-electron chi connectivity index (χ4n) is 3.59. The lowest BCUT2D eigenvalue weighted by atomic mass is 9.88. The zero-order valence-electron chi connectivity index (χ0n) is 12.0. The third-order valence-electron chi connectivity index (χ3n) is 4.66. The van der Waals surface area contributed by atoms with Crippen LogP contribution in [0.2, 0.25) is 0 Å². The SMILES string of the molecule is O=C1CCCC1C1CCCCN1C(=O)c1ccc(=O)[nH]c1. The molecule has 1 aromatic rings. The second kappa shape index (κ2) is 5.84. The van der Waals surface area contributed by atoms with Gasteiger partial charge in [0.1, 0.15) is 5.78 Å². The lowest BCUT2D eigenvalue weighted by Gasteiger charge is -2.38. The van der Waals surface area contributed by atoms with Crippen LogP contribution in [0.5, 0.6) is 0 Å². The Hall–Kier alpha value is -1.91. The van der Waals surface area contributed by atoms with Gasteiger partial charge in [0, 0.05) is 37.2 Å². The van der Waals surface area contributed by atoms with Gasteiger partial charge in [-0.3, -0.25) is 14.4 Å². The van der Waals surface area contributed by atoms with Gasteiger partial charge in [-0.2, -0.15) is 0 Å². The summed E-state index contributed by atoms with van der Waals surface area (Å²) in [5, 5.41) is 0. The molecule has 112 valence electrons. The van der Waals surface area contributed by atoms with E-state index in [1.807, 2.05) is 4.90 Å². The smallest absolute Gasteiger partial charge is 0.255 e. The highest BCUT2D eigenvalue weighted by atomic mass is 16.2. The number of aromatic amines is 1. The second-order valence-corrected chi connectivity index (χ2v) is 5.97. The monoisotopic (exact) mass is 288 g/mol. The molecule has 0 radical (unpaired) electrons.